The maximum Gasteiger partial charge on any atom is 0.0387 e. The molecule has 0 fully saturated rings. The van der Waals surface area contributed by atoms with E-state index in [0.29, 0.717) is 5.41 Å². The van der Waals surface area contributed by atoms with E-state index in [9.17, 15) is 0 Å². The Morgan fingerprint density at radius 3 is 2.54 bits per heavy atom. The zero-order valence-electron chi connectivity index (χ0n) is 9.56. The highest BCUT2D eigenvalue weighted by atomic mass is 14.8. The molecule has 0 radical (unpaired) electrons. The molecule has 0 aliphatic rings. The maximum absolute atomic E-state index is 3.91. The van der Waals surface area contributed by atoms with Crippen LogP contribution in [-0.2, 0) is 0 Å². The third-order valence-electron chi connectivity index (χ3n) is 2.40. The first-order chi connectivity index (χ1) is 6.02. The second-order valence-corrected chi connectivity index (χ2v) is 4.73. The fourth-order valence-electron chi connectivity index (χ4n) is 1.85. The van der Waals surface area contributed by atoms with E-state index >= 15 is 0 Å². The van der Waals surface area contributed by atoms with E-state index in [2.05, 4.69) is 37.8 Å². The van der Waals surface area contributed by atoms with E-state index in [1.54, 1.807) is 0 Å². The van der Waals surface area contributed by atoms with Gasteiger partial charge in [0.25, 0.3) is 0 Å². The van der Waals surface area contributed by atoms with Crippen LogP contribution in [0.1, 0.15) is 33.6 Å². The third kappa shape index (κ3) is 6.76. The Labute approximate surface area is 82.8 Å². The Hall–Kier alpha value is -0.370. The first-order valence-electron chi connectivity index (χ1n) is 5.09. The molecule has 0 aliphatic heterocycles. The fraction of sp³-hybridized carbons (Fsp3) is 0.909. The number of nitrogens with zero attached hydrogens (tertiary/aromatic N) is 1. The number of hydrogen-bond acceptors (Lipinski definition) is 2. The van der Waals surface area contributed by atoms with E-state index in [1.807, 2.05) is 7.05 Å². The van der Waals surface area contributed by atoms with Gasteiger partial charge in [-0.1, -0.05) is 20.8 Å². The van der Waals surface area contributed by atoms with Crippen molar-refractivity contribution >= 4 is 6.72 Å². The van der Waals surface area contributed by atoms with Crippen molar-refractivity contribution in [1.29, 1.82) is 0 Å². The molecule has 0 rings (SSSR count). The average molecular weight is 184 g/mol. The highest BCUT2D eigenvalue weighted by Gasteiger charge is 2.19. The van der Waals surface area contributed by atoms with Crippen LogP contribution in [0.4, 0.5) is 0 Å². The van der Waals surface area contributed by atoms with Crippen molar-refractivity contribution in [3.05, 3.63) is 0 Å². The van der Waals surface area contributed by atoms with Crippen molar-refractivity contribution in [2.45, 2.75) is 33.6 Å². The molecule has 0 bridgehead atoms. The van der Waals surface area contributed by atoms with E-state index in [4.69, 9.17) is 0 Å². The summed E-state index contributed by atoms with van der Waals surface area (Å²) in [5.74, 6) is 0.741. The summed E-state index contributed by atoms with van der Waals surface area (Å²) in [5, 5.41) is 3.21. The Morgan fingerprint density at radius 2 is 2.08 bits per heavy atom. The molecule has 78 valence electrons. The van der Waals surface area contributed by atoms with Gasteiger partial charge in [0, 0.05) is 6.54 Å². The molecule has 2 nitrogen and oxygen atoms in total. The van der Waals surface area contributed by atoms with E-state index in [-0.39, 0.29) is 0 Å². The standard InChI is InChI=1S/C11H24N2/c1-10(9-13-5)8-11(2,3)6-7-12-4/h10,13H,4,6-9H2,1-3,5H3. The Bertz CT molecular complexity index is 141. The minimum Gasteiger partial charge on any atom is -0.319 e. The lowest BCUT2D eigenvalue weighted by molar-refractivity contribution is 0.259. The van der Waals surface area contributed by atoms with E-state index in [1.165, 1.54) is 6.42 Å². The molecule has 1 N–H and O–H groups in total. The lowest BCUT2D eigenvalue weighted by atomic mass is 9.80. The minimum absolute atomic E-state index is 0.400. The van der Waals surface area contributed by atoms with Gasteiger partial charge in [0.15, 0.2) is 0 Å². The predicted molar refractivity (Wildman–Crippen MR) is 60.5 cm³/mol. The van der Waals surface area contributed by atoms with Crippen molar-refractivity contribution < 1.29 is 0 Å². The summed E-state index contributed by atoms with van der Waals surface area (Å²) in [6.07, 6.45) is 2.40. The summed E-state index contributed by atoms with van der Waals surface area (Å²) in [5.41, 5.74) is 0.400. The van der Waals surface area contributed by atoms with Gasteiger partial charge in [-0.3, -0.25) is 0 Å². The zero-order chi connectivity index (χ0) is 10.3. The van der Waals surface area contributed by atoms with Gasteiger partial charge in [-0.15, -0.1) is 0 Å². The maximum atomic E-state index is 3.91. The van der Waals surface area contributed by atoms with E-state index < -0.39 is 0 Å². The summed E-state index contributed by atoms with van der Waals surface area (Å²) in [6.45, 7) is 12.4. The molecule has 0 saturated carbocycles. The van der Waals surface area contributed by atoms with Crippen molar-refractivity contribution in [3.63, 3.8) is 0 Å². The largest absolute Gasteiger partial charge is 0.319 e. The van der Waals surface area contributed by atoms with Gasteiger partial charge in [0.05, 0.1) is 0 Å². The van der Waals surface area contributed by atoms with Gasteiger partial charge in [-0.2, -0.15) is 0 Å². The molecule has 1 unspecified atom stereocenters. The number of hydrogen-bond donors (Lipinski definition) is 1. The highest BCUT2D eigenvalue weighted by molar-refractivity contribution is 5.23. The molecule has 0 spiro atoms. The Kier molecular flexibility index (Phi) is 5.97. The minimum atomic E-state index is 0.400. The van der Waals surface area contributed by atoms with Crippen molar-refractivity contribution in [3.8, 4) is 0 Å². The second kappa shape index (κ2) is 6.14. The molecule has 0 aromatic heterocycles. The van der Waals surface area contributed by atoms with Crippen LogP contribution >= 0.6 is 0 Å². The molecule has 0 heterocycles. The fourth-order valence-corrected chi connectivity index (χ4v) is 1.85. The van der Waals surface area contributed by atoms with Gasteiger partial charge < -0.3 is 10.3 Å². The molecular formula is C11H24N2. The van der Waals surface area contributed by atoms with Gasteiger partial charge in [-0.25, -0.2) is 0 Å². The van der Waals surface area contributed by atoms with Gasteiger partial charge in [0.2, 0.25) is 0 Å². The number of aliphatic imine (C=N–C) groups is 1. The van der Waals surface area contributed by atoms with Crippen LogP contribution < -0.4 is 5.32 Å². The van der Waals surface area contributed by atoms with Crippen molar-refractivity contribution in [2.75, 3.05) is 20.1 Å². The smallest absolute Gasteiger partial charge is 0.0387 e. The molecule has 1 atom stereocenters. The van der Waals surface area contributed by atoms with Crippen LogP contribution in [-0.4, -0.2) is 26.9 Å². The normalized spacial score (nSPS) is 14.2. The molecule has 0 aliphatic carbocycles. The highest BCUT2D eigenvalue weighted by Crippen LogP contribution is 2.28. The summed E-state index contributed by atoms with van der Waals surface area (Å²) >= 11 is 0. The summed E-state index contributed by atoms with van der Waals surface area (Å²) in [4.78, 5) is 3.91. The molecule has 0 amide bonds. The van der Waals surface area contributed by atoms with Crippen LogP contribution in [0.5, 0.6) is 0 Å². The van der Waals surface area contributed by atoms with Gasteiger partial charge in [-0.05, 0) is 44.5 Å². The number of rotatable bonds is 7. The van der Waals surface area contributed by atoms with Crippen LogP contribution in [0.25, 0.3) is 0 Å². The average Bonchev–Trinajstić information content (AvgIpc) is 2.00. The lowest BCUT2D eigenvalue weighted by Crippen LogP contribution is -2.23. The molecule has 0 aromatic rings. The molecular weight excluding hydrogens is 160 g/mol. The Balaban J connectivity index is 3.77. The first kappa shape index (κ1) is 12.6. The Morgan fingerprint density at radius 1 is 1.46 bits per heavy atom. The molecule has 0 saturated heterocycles. The second-order valence-electron chi connectivity index (χ2n) is 4.73. The number of nitrogens with one attached hydrogen (secondary N) is 1. The molecule has 13 heavy (non-hydrogen) atoms. The van der Waals surface area contributed by atoms with Gasteiger partial charge >= 0.3 is 0 Å². The van der Waals surface area contributed by atoms with Crippen molar-refractivity contribution in [2.24, 2.45) is 16.3 Å². The zero-order valence-corrected chi connectivity index (χ0v) is 9.56. The molecule has 2 heteroatoms. The van der Waals surface area contributed by atoms with Crippen LogP contribution in [0.3, 0.4) is 0 Å². The SMILES string of the molecule is C=NCCC(C)(C)CC(C)CNC. The summed E-state index contributed by atoms with van der Waals surface area (Å²) < 4.78 is 0. The third-order valence-corrected chi connectivity index (χ3v) is 2.40. The molecule has 0 aromatic carbocycles. The first-order valence-corrected chi connectivity index (χ1v) is 5.09. The van der Waals surface area contributed by atoms with Crippen LogP contribution in [0, 0.1) is 11.3 Å². The van der Waals surface area contributed by atoms with E-state index in [0.717, 1.165) is 25.4 Å². The van der Waals surface area contributed by atoms with Crippen LogP contribution in [0.2, 0.25) is 0 Å². The quantitative estimate of drug-likeness (QED) is 0.603. The summed E-state index contributed by atoms with van der Waals surface area (Å²) in [6, 6.07) is 0. The monoisotopic (exact) mass is 184 g/mol. The van der Waals surface area contributed by atoms with Crippen molar-refractivity contribution in [1.82, 2.24) is 5.32 Å². The predicted octanol–water partition coefficient (Wildman–Crippen LogP) is 2.35. The summed E-state index contributed by atoms with van der Waals surface area (Å²) in [7, 11) is 2.01. The van der Waals surface area contributed by atoms with Gasteiger partial charge in [0.1, 0.15) is 0 Å². The van der Waals surface area contributed by atoms with Crippen LogP contribution in [0.15, 0.2) is 4.99 Å². The lowest BCUT2D eigenvalue weighted by Gasteiger charge is -2.27. The topological polar surface area (TPSA) is 24.4 Å².